The molecule has 1 aromatic carbocycles. The number of hydrogen-bond donors (Lipinski definition) is 0. The van der Waals surface area contributed by atoms with Crippen molar-refractivity contribution < 1.29 is 22.7 Å². The van der Waals surface area contributed by atoms with Crippen molar-refractivity contribution in [2.45, 2.75) is 39.5 Å². The van der Waals surface area contributed by atoms with E-state index < -0.39 is 23.6 Å². The summed E-state index contributed by atoms with van der Waals surface area (Å²) in [4.78, 5) is 12.2. The average molecular weight is 299 g/mol. The Hall–Kier alpha value is -1.98. The number of aromatic nitrogens is 1. The number of benzene rings is 1. The van der Waals surface area contributed by atoms with Crippen LogP contribution < -0.4 is 0 Å². The second-order valence-electron chi connectivity index (χ2n) is 5.80. The molecule has 0 bridgehead atoms. The number of nitrogens with zero attached hydrogens (tertiary/aromatic N) is 1. The van der Waals surface area contributed by atoms with Gasteiger partial charge in [-0.1, -0.05) is 18.2 Å². The summed E-state index contributed by atoms with van der Waals surface area (Å²) in [6, 6.07) is 6.25. The summed E-state index contributed by atoms with van der Waals surface area (Å²) < 4.78 is 45.6. The standard InChI is InChI=1S/C15H16F3NO2/c1-9-10-7-5-6-8-11(10)19(12(9)15(16,17)18)13(20)21-14(2,3)4/h5-8H,1-4H3. The highest BCUT2D eigenvalue weighted by Gasteiger charge is 2.40. The molecule has 3 nitrogen and oxygen atoms in total. The molecule has 6 heteroatoms. The number of halogens is 3. The Labute approximate surface area is 120 Å². The third-order valence-electron chi connectivity index (χ3n) is 2.97. The molecular formula is C15H16F3NO2. The smallest absolute Gasteiger partial charge is 0.432 e. The van der Waals surface area contributed by atoms with Gasteiger partial charge in [0.15, 0.2) is 0 Å². The minimum atomic E-state index is -4.64. The topological polar surface area (TPSA) is 31.2 Å². The Kier molecular flexibility index (Phi) is 3.51. The lowest BCUT2D eigenvalue weighted by Gasteiger charge is -2.21. The first kappa shape index (κ1) is 15.4. The molecule has 2 aromatic rings. The van der Waals surface area contributed by atoms with E-state index in [-0.39, 0.29) is 11.1 Å². The highest BCUT2D eigenvalue weighted by molar-refractivity contribution is 5.93. The molecular weight excluding hydrogens is 283 g/mol. The Bertz CT molecular complexity index is 693. The van der Waals surface area contributed by atoms with Gasteiger partial charge >= 0.3 is 12.3 Å². The Morgan fingerprint density at radius 2 is 1.71 bits per heavy atom. The van der Waals surface area contributed by atoms with Crippen molar-refractivity contribution in [2.75, 3.05) is 0 Å². The molecule has 0 saturated heterocycles. The van der Waals surface area contributed by atoms with Crippen molar-refractivity contribution in [1.82, 2.24) is 4.57 Å². The molecule has 2 rings (SSSR count). The van der Waals surface area contributed by atoms with E-state index in [0.717, 1.165) is 0 Å². The zero-order valence-electron chi connectivity index (χ0n) is 12.2. The average Bonchev–Trinajstić information content (AvgIpc) is 2.61. The van der Waals surface area contributed by atoms with Crippen LogP contribution in [0.25, 0.3) is 10.9 Å². The maximum Gasteiger partial charge on any atom is 0.432 e. The highest BCUT2D eigenvalue weighted by atomic mass is 19.4. The number of rotatable bonds is 0. The van der Waals surface area contributed by atoms with Crippen molar-refractivity contribution in [2.24, 2.45) is 0 Å². The summed E-state index contributed by atoms with van der Waals surface area (Å²) in [6.45, 7) is 6.18. The number of hydrogen-bond acceptors (Lipinski definition) is 2. The van der Waals surface area contributed by atoms with E-state index in [1.165, 1.54) is 13.0 Å². The third kappa shape index (κ3) is 2.89. The molecule has 0 N–H and O–H groups in total. The van der Waals surface area contributed by atoms with Crippen LogP contribution >= 0.6 is 0 Å². The summed E-state index contributed by atoms with van der Waals surface area (Å²) in [5.74, 6) is 0. The fourth-order valence-electron chi connectivity index (χ4n) is 2.24. The molecule has 0 aliphatic rings. The summed E-state index contributed by atoms with van der Waals surface area (Å²) in [5.41, 5.74) is -1.65. The molecule has 0 fully saturated rings. The van der Waals surface area contributed by atoms with Gasteiger partial charge < -0.3 is 4.74 Å². The summed E-state index contributed by atoms with van der Waals surface area (Å²) in [5, 5.41) is 0.385. The van der Waals surface area contributed by atoms with Crippen LogP contribution in [-0.2, 0) is 10.9 Å². The molecule has 0 saturated carbocycles. The van der Waals surface area contributed by atoms with Gasteiger partial charge in [-0.25, -0.2) is 9.36 Å². The molecule has 0 aliphatic carbocycles. The summed E-state index contributed by atoms with van der Waals surface area (Å²) in [7, 11) is 0. The van der Waals surface area contributed by atoms with Crippen LogP contribution in [0.3, 0.4) is 0 Å². The molecule has 114 valence electrons. The Morgan fingerprint density at radius 3 is 2.24 bits per heavy atom. The van der Waals surface area contributed by atoms with Gasteiger partial charge in [-0.2, -0.15) is 13.2 Å². The van der Waals surface area contributed by atoms with Crippen LogP contribution in [-0.4, -0.2) is 16.3 Å². The van der Waals surface area contributed by atoms with Gasteiger partial charge in [-0.15, -0.1) is 0 Å². The maximum absolute atomic E-state index is 13.3. The predicted octanol–water partition coefficient (Wildman–Crippen LogP) is 4.75. The van der Waals surface area contributed by atoms with E-state index in [2.05, 4.69) is 0 Å². The van der Waals surface area contributed by atoms with Gasteiger partial charge in [0.25, 0.3) is 0 Å². The Morgan fingerprint density at radius 1 is 1.14 bits per heavy atom. The number of ether oxygens (including phenoxy) is 1. The van der Waals surface area contributed by atoms with Crippen molar-refractivity contribution in [3.63, 3.8) is 0 Å². The van der Waals surface area contributed by atoms with Gasteiger partial charge in [0.2, 0.25) is 0 Å². The van der Waals surface area contributed by atoms with Gasteiger partial charge in [-0.3, -0.25) is 0 Å². The normalized spacial score (nSPS) is 12.7. The van der Waals surface area contributed by atoms with E-state index in [1.807, 2.05) is 0 Å². The van der Waals surface area contributed by atoms with E-state index in [1.54, 1.807) is 39.0 Å². The van der Waals surface area contributed by atoms with Crippen molar-refractivity contribution in [3.8, 4) is 0 Å². The van der Waals surface area contributed by atoms with Crippen LogP contribution in [0.5, 0.6) is 0 Å². The van der Waals surface area contributed by atoms with E-state index >= 15 is 0 Å². The SMILES string of the molecule is Cc1c(C(F)(F)F)n(C(=O)OC(C)(C)C)c2ccccc12. The lowest BCUT2D eigenvalue weighted by molar-refractivity contribution is -0.143. The fourth-order valence-corrected chi connectivity index (χ4v) is 2.24. The number of carbonyl (C=O) groups excluding carboxylic acids is 1. The first-order valence-electron chi connectivity index (χ1n) is 6.43. The molecule has 0 amide bonds. The molecule has 0 spiro atoms. The first-order valence-corrected chi connectivity index (χ1v) is 6.43. The van der Waals surface area contributed by atoms with Crippen LogP contribution in [0.15, 0.2) is 24.3 Å². The minimum Gasteiger partial charge on any atom is -0.443 e. The first-order chi connectivity index (χ1) is 9.52. The molecule has 0 aliphatic heterocycles. The molecule has 0 unspecified atom stereocenters. The predicted molar refractivity (Wildman–Crippen MR) is 73.3 cm³/mol. The van der Waals surface area contributed by atoms with Gasteiger partial charge in [-0.05, 0) is 39.3 Å². The second kappa shape index (κ2) is 4.79. The van der Waals surface area contributed by atoms with Crippen molar-refractivity contribution >= 4 is 17.0 Å². The number of fused-ring (bicyclic) bond motifs is 1. The van der Waals surface area contributed by atoms with Crippen LogP contribution in [0.2, 0.25) is 0 Å². The van der Waals surface area contributed by atoms with E-state index in [0.29, 0.717) is 9.95 Å². The van der Waals surface area contributed by atoms with Crippen molar-refractivity contribution in [1.29, 1.82) is 0 Å². The summed E-state index contributed by atoms with van der Waals surface area (Å²) in [6.07, 6.45) is -5.67. The van der Waals surface area contributed by atoms with E-state index in [4.69, 9.17) is 4.74 Å². The van der Waals surface area contributed by atoms with Gasteiger partial charge in [0.05, 0.1) is 5.52 Å². The zero-order chi connectivity index (χ0) is 16.0. The number of carbonyl (C=O) groups is 1. The van der Waals surface area contributed by atoms with Gasteiger partial charge in [0, 0.05) is 5.39 Å². The number of aryl methyl sites for hydroxylation is 1. The molecule has 21 heavy (non-hydrogen) atoms. The number of para-hydroxylation sites is 1. The quantitative estimate of drug-likeness (QED) is 0.703. The summed E-state index contributed by atoms with van der Waals surface area (Å²) >= 11 is 0. The van der Waals surface area contributed by atoms with Crippen LogP contribution in [0, 0.1) is 6.92 Å². The Balaban J connectivity index is 2.74. The number of alkyl halides is 3. The monoisotopic (exact) mass is 299 g/mol. The van der Waals surface area contributed by atoms with Crippen LogP contribution in [0.1, 0.15) is 32.0 Å². The second-order valence-corrected chi connectivity index (χ2v) is 5.80. The van der Waals surface area contributed by atoms with Crippen LogP contribution in [0.4, 0.5) is 18.0 Å². The lowest BCUT2D eigenvalue weighted by Crippen LogP contribution is -2.29. The molecule has 1 aromatic heterocycles. The van der Waals surface area contributed by atoms with E-state index in [9.17, 15) is 18.0 Å². The zero-order valence-corrected chi connectivity index (χ0v) is 12.2. The lowest BCUT2D eigenvalue weighted by atomic mass is 10.1. The fraction of sp³-hybridized carbons (Fsp3) is 0.400. The molecule has 0 atom stereocenters. The largest absolute Gasteiger partial charge is 0.443 e. The van der Waals surface area contributed by atoms with Gasteiger partial charge in [0.1, 0.15) is 11.3 Å². The van der Waals surface area contributed by atoms with Crippen molar-refractivity contribution in [3.05, 3.63) is 35.5 Å². The molecule has 1 heterocycles. The molecule has 0 radical (unpaired) electrons. The minimum absolute atomic E-state index is 0.0176. The highest BCUT2D eigenvalue weighted by Crippen LogP contribution is 2.38. The maximum atomic E-state index is 13.3. The third-order valence-corrected chi connectivity index (χ3v) is 2.97.